The van der Waals surface area contributed by atoms with Gasteiger partial charge in [0.2, 0.25) is 10.0 Å². The van der Waals surface area contributed by atoms with Gasteiger partial charge < -0.3 is 10.5 Å². The van der Waals surface area contributed by atoms with Crippen LogP contribution >= 0.6 is 0 Å². The molecule has 0 aromatic heterocycles. The van der Waals surface area contributed by atoms with Gasteiger partial charge in [-0.1, -0.05) is 6.92 Å². The minimum atomic E-state index is -4.00. The summed E-state index contributed by atoms with van der Waals surface area (Å²) in [5.41, 5.74) is 4.89. The Morgan fingerprint density at radius 3 is 2.62 bits per heavy atom. The van der Waals surface area contributed by atoms with E-state index in [9.17, 15) is 23.3 Å². The Balaban J connectivity index is 2.55. The SMILES string of the molecule is CCOC(=O)c1cc(S(=O)(=O)N2CCC(C)(CN)C2)cc([N+](=O)[O-])c1C. The van der Waals surface area contributed by atoms with Crippen molar-refractivity contribution in [3.63, 3.8) is 0 Å². The third-order valence-corrected chi connectivity index (χ3v) is 6.52. The predicted molar refractivity (Wildman–Crippen MR) is 94.3 cm³/mol. The highest BCUT2D eigenvalue weighted by Gasteiger charge is 2.40. The molecular formula is C16H23N3O6S. The van der Waals surface area contributed by atoms with Gasteiger partial charge in [0.15, 0.2) is 0 Å². The molecule has 1 atom stereocenters. The number of nitro benzene ring substituents is 1. The van der Waals surface area contributed by atoms with E-state index in [1.165, 1.54) is 11.2 Å². The first-order valence-electron chi connectivity index (χ1n) is 8.22. The molecular weight excluding hydrogens is 362 g/mol. The van der Waals surface area contributed by atoms with Crippen LogP contribution in [0.4, 0.5) is 5.69 Å². The average Bonchev–Trinajstić information content (AvgIpc) is 2.98. The van der Waals surface area contributed by atoms with E-state index in [0.717, 1.165) is 12.1 Å². The van der Waals surface area contributed by atoms with E-state index in [0.29, 0.717) is 13.0 Å². The molecule has 1 fully saturated rings. The smallest absolute Gasteiger partial charge is 0.338 e. The number of benzene rings is 1. The van der Waals surface area contributed by atoms with Gasteiger partial charge in [0.25, 0.3) is 5.69 Å². The fourth-order valence-corrected chi connectivity index (χ4v) is 4.57. The Morgan fingerprint density at radius 1 is 1.46 bits per heavy atom. The van der Waals surface area contributed by atoms with Crippen molar-refractivity contribution < 1.29 is 22.9 Å². The molecule has 9 nitrogen and oxygen atoms in total. The molecule has 1 aliphatic rings. The number of rotatable bonds is 6. The van der Waals surface area contributed by atoms with Gasteiger partial charge in [-0.3, -0.25) is 10.1 Å². The number of hydrogen-bond donors (Lipinski definition) is 1. The highest BCUT2D eigenvalue weighted by molar-refractivity contribution is 7.89. The lowest BCUT2D eigenvalue weighted by Gasteiger charge is -2.22. The summed E-state index contributed by atoms with van der Waals surface area (Å²) in [5.74, 6) is -0.793. The van der Waals surface area contributed by atoms with Crippen molar-refractivity contribution in [3.8, 4) is 0 Å². The number of carbonyl (C=O) groups is 1. The number of esters is 1. The Morgan fingerprint density at radius 2 is 2.12 bits per heavy atom. The molecule has 1 saturated heterocycles. The van der Waals surface area contributed by atoms with Crippen LogP contribution in [0, 0.1) is 22.5 Å². The molecule has 1 aromatic carbocycles. The van der Waals surface area contributed by atoms with E-state index in [2.05, 4.69) is 0 Å². The molecule has 144 valence electrons. The third-order valence-electron chi connectivity index (χ3n) is 4.70. The second-order valence-corrected chi connectivity index (χ2v) is 8.63. The van der Waals surface area contributed by atoms with Crippen LogP contribution in [0.5, 0.6) is 0 Å². The van der Waals surface area contributed by atoms with E-state index >= 15 is 0 Å². The zero-order valence-corrected chi connectivity index (χ0v) is 15.8. The number of nitrogens with zero attached hydrogens (tertiary/aromatic N) is 2. The summed E-state index contributed by atoms with van der Waals surface area (Å²) in [6, 6.07) is 2.14. The summed E-state index contributed by atoms with van der Waals surface area (Å²) in [7, 11) is -4.00. The maximum absolute atomic E-state index is 13.0. The molecule has 0 radical (unpaired) electrons. The van der Waals surface area contributed by atoms with Gasteiger partial charge in [-0.05, 0) is 38.3 Å². The first kappa shape index (κ1) is 20.3. The zero-order valence-electron chi connectivity index (χ0n) is 15.0. The fraction of sp³-hybridized carbons (Fsp3) is 0.562. The quantitative estimate of drug-likeness (QED) is 0.445. The molecule has 0 aliphatic carbocycles. The first-order valence-corrected chi connectivity index (χ1v) is 9.66. The summed E-state index contributed by atoms with van der Waals surface area (Å²) >= 11 is 0. The van der Waals surface area contributed by atoms with Crippen LogP contribution < -0.4 is 5.73 Å². The Bertz CT molecular complexity index is 839. The van der Waals surface area contributed by atoms with Crippen LogP contribution in [0.25, 0.3) is 0 Å². The summed E-state index contributed by atoms with van der Waals surface area (Å²) in [4.78, 5) is 22.5. The van der Waals surface area contributed by atoms with Crippen molar-refractivity contribution in [3.05, 3.63) is 33.4 Å². The van der Waals surface area contributed by atoms with Gasteiger partial charge in [-0.25, -0.2) is 13.2 Å². The summed E-state index contributed by atoms with van der Waals surface area (Å²) in [5, 5.41) is 11.3. The van der Waals surface area contributed by atoms with Crippen molar-refractivity contribution >= 4 is 21.7 Å². The van der Waals surface area contributed by atoms with E-state index < -0.39 is 26.6 Å². The third kappa shape index (κ3) is 3.71. The zero-order chi connectivity index (χ0) is 19.7. The molecule has 26 heavy (non-hydrogen) atoms. The number of nitrogens with two attached hydrogens (primary N) is 1. The fourth-order valence-electron chi connectivity index (χ4n) is 2.93. The van der Waals surface area contributed by atoms with Gasteiger partial charge in [-0.15, -0.1) is 0 Å². The summed E-state index contributed by atoms with van der Waals surface area (Å²) < 4.78 is 32.1. The molecule has 0 amide bonds. The van der Waals surface area contributed by atoms with Crippen LogP contribution in [0.1, 0.15) is 36.2 Å². The Hall–Kier alpha value is -2.04. The van der Waals surface area contributed by atoms with Gasteiger partial charge in [-0.2, -0.15) is 4.31 Å². The van der Waals surface area contributed by atoms with Crippen molar-refractivity contribution in [2.45, 2.75) is 32.1 Å². The molecule has 0 spiro atoms. The maximum Gasteiger partial charge on any atom is 0.338 e. The van der Waals surface area contributed by atoms with E-state index in [-0.39, 0.29) is 41.1 Å². The molecule has 10 heteroatoms. The van der Waals surface area contributed by atoms with Crippen molar-refractivity contribution in [2.24, 2.45) is 11.1 Å². The lowest BCUT2D eigenvalue weighted by atomic mass is 9.90. The van der Waals surface area contributed by atoms with E-state index in [4.69, 9.17) is 10.5 Å². The second kappa shape index (κ2) is 7.29. The number of nitro groups is 1. The highest BCUT2D eigenvalue weighted by Crippen LogP contribution is 2.34. The first-order chi connectivity index (χ1) is 12.1. The van der Waals surface area contributed by atoms with Gasteiger partial charge in [0, 0.05) is 24.7 Å². The highest BCUT2D eigenvalue weighted by atomic mass is 32.2. The average molecular weight is 385 g/mol. The van der Waals surface area contributed by atoms with E-state index in [1.807, 2.05) is 6.92 Å². The largest absolute Gasteiger partial charge is 0.462 e. The molecule has 1 aliphatic heterocycles. The van der Waals surface area contributed by atoms with Crippen LogP contribution in [0.15, 0.2) is 17.0 Å². The Labute approximate surface area is 152 Å². The number of sulfonamides is 1. The number of ether oxygens (including phenoxy) is 1. The molecule has 2 N–H and O–H groups in total. The topological polar surface area (TPSA) is 133 Å². The maximum atomic E-state index is 13.0. The Kier molecular flexibility index (Phi) is 5.69. The molecule has 2 rings (SSSR count). The molecule has 0 bridgehead atoms. The van der Waals surface area contributed by atoms with Crippen LogP contribution in [0.2, 0.25) is 0 Å². The normalized spacial score (nSPS) is 20.9. The monoisotopic (exact) mass is 385 g/mol. The lowest BCUT2D eigenvalue weighted by Crippen LogP contribution is -2.34. The summed E-state index contributed by atoms with van der Waals surface area (Å²) in [6.45, 7) is 5.78. The van der Waals surface area contributed by atoms with Crippen LogP contribution in [0.3, 0.4) is 0 Å². The molecule has 1 aromatic rings. The van der Waals surface area contributed by atoms with Crippen molar-refractivity contribution in [1.82, 2.24) is 4.31 Å². The van der Waals surface area contributed by atoms with Crippen LogP contribution in [-0.2, 0) is 14.8 Å². The number of hydrogen-bond acceptors (Lipinski definition) is 7. The summed E-state index contributed by atoms with van der Waals surface area (Å²) in [6.07, 6.45) is 0.599. The predicted octanol–water partition coefficient (Wildman–Crippen LogP) is 1.44. The molecule has 1 heterocycles. The minimum Gasteiger partial charge on any atom is -0.462 e. The van der Waals surface area contributed by atoms with Crippen molar-refractivity contribution in [2.75, 3.05) is 26.2 Å². The van der Waals surface area contributed by atoms with Crippen LogP contribution in [-0.4, -0.2) is 49.9 Å². The van der Waals surface area contributed by atoms with Gasteiger partial charge in [0.1, 0.15) is 0 Å². The van der Waals surface area contributed by atoms with E-state index in [1.54, 1.807) is 6.92 Å². The second-order valence-electron chi connectivity index (χ2n) is 6.70. The molecule has 0 saturated carbocycles. The standard InChI is InChI=1S/C16H23N3O6S/c1-4-25-15(20)13-7-12(8-14(11(13)2)19(21)22)26(23,24)18-6-5-16(3,9-17)10-18/h7-8H,4-6,9-10,17H2,1-3H3. The van der Waals surface area contributed by atoms with Crippen molar-refractivity contribution in [1.29, 1.82) is 0 Å². The molecule has 1 unspecified atom stereocenters. The number of carbonyl (C=O) groups excluding carboxylic acids is 1. The minimum absolute atomic E-state index is 0.0700. The van der Waals surface area contributed by atoms with Gasteiger partial charge >= 0.3 is 5.97 Å². The lowest BCUT2D eigenvalue weighted by molar-refractivity contribution is -0.385. The van der Waals surface area contributed by atoms with Gasteiger partial charge in [0.05, 0.1) is 22.0 Å².